The zero-order valence-electron chi connectivity index (χ0n) is 12.3. The van der Waals surface area contributed by atoms with Crippen molar-refractivity contribution in [3.63, 3.8) is 0 Å². The van der Waals surface area contributed by atoms with Gasteiger partial charge in [0.15, 0.2) is 0 Å². The van der Waals surface area contributed by atoms with E-state index in [0.29, 0.717) is 0 Å². The molecule has 2 aromatic rings. The Morgan fingerprint density at radius 2 is 2.05 bits per heavy atom. The second-order valence-electron chi connectivity index (χ2n) is 5.11. The Morgan fingerprint density at radius 3 is 2.70 bits per heavy atom. The van der Waals surface area contributed by atoms with Crippen molar-refractivity contribution in [2.45, 2.75) is 33.7 Å². The molecule has 0 radical (unpaired) electrons. The van der Waals surface area contributed by atoms with Crippen molar-refractivity contribution in [3.8, 4) is 5.69 Å². The van der Waals surface area contributed by atoms with Gasteiger partial charge in [-0.05, 0) is 44.9 Å². The van der Waals surface area contributed by atoms with E-state index >= 15 is 0 Å². The highest BCUT2D eigenvalue weighted by molar-refractivity contribution is 5.82. The molecule has 1 atom stereocenters. The largest absolute Gasteiger partial charge is 0.371 e. The molecule has 5 heteroatoms. The van der Waals surface area contributed by atoms with E-state index in [2.05, 4.69) is 42.5 Å². The molecule has 0 bridgehead atoms. The van der Waals surface area contributed by atoms with Crippen LogP contribution in [0.25, 0.3) is 5.69 Å². The number of amides is 1. The Morgan fingerprint density at radius 1 is 1.35 bits per heavy atom. The quantitative estimate of drug-likeness (QED) is 0.895. The Kier molecular flexibility index (Phi) is 3.79. The van der Waals surface area contributed by atoms with Crippen molar-refractivity contribution in [2.75, 3.05) is 5.32 Å². The van der Waals surface area contributed by atoms with Crippen LogP contribution in [0.3, 0.4) is 0 Å². The smallest absolute Gasteiger partial charge is 0.239 e. The summed E-state index contributed by atoms with van der Waals surface area (Å²) in [5.41, 5.74) is 10.4. The number of hydrogen-bond donors (Lipinski definition) is 2. The first-order valence-electron chi connectivity index (χ1n) is 6.58. The number of nitrogens with one attached hydrogen (secondary N) is 1. The van der Waals surface area contributed by atoms with Crippen LogP contribution in [0.5, 0.6) is 0 Å². The van der Waals surface area contributed by atoms with Gasteiger partial charge in [-0.25, -0.2) is 4.68 Å². The number of carbonyl (C=O) groups excluding carboxylic acids is 1. The van der Waals surface area contributed by atoms with E-state index in [0.717, 1.165) is 22.6 Å². The second kappa shape index (κ2) is 5.36. The lowest BCUT2D eigenvalue weighted by Crippen LogP contribution is -2.32. The highest BCUT2D eigenvalue weighted by Gasteiger charge is 2.14. The number of benzene rings is 1. The number of aromatic nitrogens is 2. The zero-order chi connectivity index (χ0) is 14.9. The van der Waals surface area contributed by atoms with E-state index in [4.69, 9.17) is 5.73 Å². The second-order valence-corrected chi connectivity index (χ2v) is 5.11. The average Bonchev–Trinajstić information content (AvgIpc) is 2.74. The Balaban J connectivity index is 2.38. The molecule has 1 aromatic heterocycles. The number of primary amides is 1. The van der Waals surface area contributed by atoms with Gasteiger partial charge in [-0.3, -0.25) is 4.79 Å². The summed E-state index contributed by atoms with van der Waals surface area (Å²) in [4.78, 5) is 11.1. The van der Waals surface area contributed by atoms with Crippen LogP contribution in [-0.4, -0.2) is 21.7 Å². The number of aryl methyl sites for hydroxylation is 2. The van der Waals surface area contributed by atoms with Crippen LogP contribution in [0, 0.1) is 20.8 Å². The molecule has 0 aliphatic carbocycles. The summed E-state index contributed by atoms with van der Waals surface area (Å²) in [6.07, 6.45) is 1.72. The number of anilines is 1. The zero-order valence-corrected chi connectivity index (χ0v) is 12.3. The fraction of sp³-hybridized carbons (Fsp3) is 0.333. The highest BCUT2D eigenvalue weighted by atomic mass is 16.1. The third kappa shape index (κ3) is 2.66. The third-order valence-electron chi connectivity index (χ3n) is 3.40. The van der Waals surface area contributed by atoms with Crippen molar-refractivity contribution in [1.29, 1.82) is 0 Å². The molecule has 106 valence electrons. The molecule has 5 nitrogen and oxygen atoms in total. The molecule has 0 aliphatic rings. The van der Waals surface area contributed by atoms with Gasteiger partial charge in [0.25, 0.3) is 0 Å². The maximum absolute atomic E-state index is 11.1. The van der Waals surface area contributed by atoms with E-state index in [9.17, 15) is 4.79 Å². The Labute approximate surface area is 118 Å². The third-order valence-corrected chi connectivity index (χ3v) is 3.40. The molecule has 20 heavy (non-hydrogen) atoms. The summed E-state index contributed by atoms with van der Waals surface area (Å²) in [5, 5.41) is 7.48. The van der Waals surface area contributed by atoms with Crippen LogP contribution in [-0.2, 0) is 4.79 Å². The molecular weight excluding hydrogens is 252 g/mol. The van der Waals surface area contributed by atoms with Gasteiger partial charge in [-0.15, -0.1) is 0 Å². The molecule has 0 fully saturated rings. The van der Waals surface area contributed by atoms with E-state index in [1.807, 2.05) is 11.6 Å². The Bertz CT molecular complexity index is 645. The maximum atomic E-state index is 11.1. The van der Waals surface area contributed by atoms with Gasteiger partial charge in [0.1, 0.15) is 6.04 Å². The molecule has 0 saturated heterocycles. The van der Waals surface area contributed by atoms with Gasteiger partial charge in [-0.2, -0.15) is 5.10 Å². The SMILES string of the molecule is Cc1ccc(C)c(-n2ncc(N[C@H](C)C(N)=O)c2C)c1. The standard InChI is InChI=1S/C15H20N4O/c1-9-5-6-10(2)14(7-9)19-12(4)13(8-17-19)18-11(3)15(16)20/h5-8,11,18H,1-4H3,(H2,16,20)/t11-/m1/s1. The molecule has 0 unspecified atom stereocenters. The minimum absolute atomic E-state index is 0.385. The first kappa shape index (κ1) is 14.1. The van der Waals surface area contributed by atoms with Gasteiger partial charge in [0.05, 0.1) is 23.3 Å². The van der Waals surface area contributed by atoms with Gasteiger partial charge < -0.3 is 11.1 Å². The summed E-state index contributed by atoms with van der Waals surface area (Å²) in [5.74, 6) is -0.385. The lowest BCUT2D eigenvalue weighted by molar-refractivity contribution is -0.118. The van der Waals surface area contributed by atoms with Crippen LogP contribution in [0.4, 0.5) is 5.69 Å². The van der Waals surface area contributed by atoms with Crippen LogP contribution >= 0.6 is 0 Å². The summed E-state index contributed by atoms with van der Waals surface area (Å²) in [6.45, 7) is 7.80. The van der Waals surface area contributed by atoms with Gasteiger partial charge in [0, 0.05) is 0 Å². The minimum Gasteiger partial charge on any atom is -0.371 e. The van der Waals surface area contributed by atoms with Crippen molar-refractivity contribution in [2.24, 2.45) is 5.73 Å². The fourth-order valence-electron chi connectivity index (χ4n) is 2.05. The van der Waals surface area contributed by atoms with Crippen LogP contribution in [0.2, 0.25) is 0 Å². The van der Waals surface area contributed by atoms with Crippen LogP contribution in [0.15, 0.2) is 24.4 Å². The van der Waals surface area contributed by atoms with Crippen molar-refractivity contribution in [1.82, 2.24) is 9.78 Å². The molecule has 1 aromatic carbocycles. The topological polar surface area (TPSA) is 72.9 Å². The molecule has 2 rings (SSSR count). The molecule has 0 aliphatic heterocycles. The van der Waals surface area contributed by atoms with E-state index in [1.165, 1.54) is 5.56 Å². The van der Waals surface area contributed by atoms with Gasteiger partial charge in [0.2, 0.25) is 5.91 Å². The normalized spacial score (nSPS) is 12.2. The minimum atomic E-state index is -0.426. The lowest BCUT2D eigenvalue weighted by atomic mass is 10.1. The van der Waals surface area contributed by atoms with Gasteiger partial charge in [-0.1, -0.05) is 12.1 Å². The van der Waals surface area contributed by atoms with Crippen LogP contribution < -0.4 is 11.1 Å². The predicted molar refractivity (Wildman–Crippen MR) is 80.1 cm³/mol. The van der Waals surface area contributed by atoms with Crippen molar-refractivity contribution >= 4 is 11.6 Å². The summed E-state index contributed by atoms with van der Waals surface area (Å²) < 4.78 is 1.87. The predicted octanol–water partition coefficient (Wildman–Crippen LogP) is 2.08. The number of nitrogens with two attached hydrogens (primary N) is 1. The molecule has 0 saturated carbocycles. The van der Waals surface area contributed by atoms with E-state index in [1.54, 1.807) is 13.1 Å². The summed E-state index contributed by atoms with van der Waals surface area (Å²) >= 11 is 0. The fourth-order valence-corrected chi connectivity index (χ4v) is 2.05. The number of hydrogen-bond acceptors (Lipinski definition) is 3. The number of carbonyl (C=O) groups is 1. The van der Waals surface area contributed by atoms with E-state index < -0.39 is 6.04 Å². The highest BCUT2D eigenvalue weighted by Crippen LogP contribution is 2.22. The summed E-state index contributed by atoms with van der Waals surface area (Å²) in [7, 11) is 0. The lowest BCUT2D eigenvalue weighted by Gasteiger charge is -2.12. The first-order chi connectivity index (χ1) is 9.40. The number of nitrogens with zero attached hydrogens (tertiary/aromatic N) is 2. The van der Waals surface area contributed by atoms with Gasteiger partial charge >= 0.3 is 0 Å². The molecule has 1 heterocycles. The molecular formula is C15H20N4O. The van der Waals surface area contributed by atoms with Crippen molar-refractivity contribution < 1.29 is 4.79 Å². The van der Waals surface area contributed by atoms with Crippen LogP contribution in [0.1, 0.15) is 23.7 Å². The molecule has 3 N–H and O–H groups in total. The average molecular weight is 272 g/mol. The monoisotopic (exact) mass is 272 g/mol. The van der Waals surface area contributed by atoms with E-state index in [-0.39, 0.29) is 5.91 Å². The molecule has 1 amide bonds. The number of rotatable bonds is 4. The maximum Gasteiger partial charge on any atom is 0.239 e. The molecule has 0 spiro atoms. The van der Waals surface area contributed by atoms with Crippen molar-refractivity contribution in [3.05, 3.63) is 41.2 Å². The first-order valence-corrected chi connectivity index (χ1v) is 6.58. The summed E-state index contributed by atoms with van der Waals surface area (Å²) in [6, 6.07) is 5.82. The Hall–Kier alpha value is -2.30.